The topological polar surface area (TPSA) is 177 Å². The van der Waals surface area contributed by atoms with Crippen LogP contribution in [0.3, 0.4) is 0 Å². The SMILES string of the molecule is Oc1ccc(-c2ncc3ncc(Cl)cc3n2)cc1.Oc1cccc(-c2ncc3ncc(Cl)cc3n2)c1.Oc1ccccc1-c1ncc2ncc(Cl)cc2n1. The summed E-state index contributed by atoms with van der Waals surface area (Å²) >= 11 is 17.6. The summed E-state index contributed by atoms with van der Waals surface area (Å²) in [4.78, 5) is 38.2. The molecule has 54 heavy (non-hydrogen) atoms. The van der Waals surface area contributed by atoms with Crippen LogP contribution in [-0.2, 0) is 0 Å². The minimum Gasteiger partial charge on any atom is -0.508 e. The molecule has 0 bridgehead atoms. The lowest BCUT2D eigenvalue weighted by molar-refractivity contribution is 0.475. The summed E-state index contributed by atoms with van der Waals surface area (Å²) in [6.45, 7) is 0. The molecule has 9 rings (SSSR count). The van der Waals surface area contributed by atoms with Crippen molar-refractivity contribution in [2.24, 2.45) is 0 Å². The van der Waals surface area contributed by atoms with Crippen LogP contribution >= 0.6 is 34.8 Å². The van der Waals surface area contributed by atoms with Crippen molar-refractivity contribution < 1.29 is 15.3 Å². The molecule has 3 aromatic carbocycles. The van der Waals surface area contributed by atoms with Gasteiger partial charge in [0.05, 0.1) is 55.8 Å². The maximum absolute atomic E-state index is 9.77. The highest BCUT2D eigenvalue weighted by Gasteiger charge is 2.09. The Morgan fingerprint density at radius 2 is 0.852 bits per heavy atom. The maximum Gasteiger partial charge on any atom is 0.163 e. The van der Waals surface area contributed by atoms with Crippen molar-refractivity contribution in [2.75, 3.05) is 0 Å². The van der Waals surface area contributed by atoms with E-state index in [0.29, 0.717) is 71.2 Å². The number of benzene rings is 3. The molecule has 12 nitrogen and oxygen atoms in total. The Morgan fingerprint density at radius 3 is 1.37 bits per heavy atom. The number of pyridine rings is 3. The monoisotopic (exact) mass is 771 g/mol. The first-order valence-corrected chi connectivity index (χ1v) is 17.0. The number of nitrogens with zero attached hydrogens (tertiary/aromatic N) is 9. The standard InChI is InChI=1S/3C13H8ClN3O/c14-9-5-11-12(15-6-9)7-16-13(17-11)8-1-3-10(18)4-2-8;14-9-5-11-12(15-6-9)7-16-13(17-11)8-2-1-3-10(18)4-8;14-8-5-10-11(15-6-8)7-16-13(17-10)9-3-1-2-4-12(9)18/h3*1-7,18H. The van der Waals surface area contributed by atoms with Gasteiger partial charge in [0, 0.05) is 29.7 Å². The van der Waals surface area contributed by atoms with Crippen LogP contribution in [0.4, 0.5) is 0 Å². The molecule has 15 heteroatoms. The van der Waals surface area contributed by atoms with Crippen molar-refractivity contribution >= 4 is 67.9 Å². The second kappa shape index (κ2) is 16.0. The van der Waals surface area contributed by atoms with Crippen molar-refractivity contribution in [3.63, 3.8) is 0 Å². The number of fused-ring (bicyclic) bond motifs is 3. The van der Waals surface area contributed by atoms with Crippen LogP contribution in [0, 0.1) is 0 Å². The van der Waals surface area contributed by atoms with Crippen molar-refractivity contribution in [2.45, 2.75) is 0 Å². The van der Waals surface area contributed by atoms with Gasteiger partial charge in [0.25, 0.3) is 0 Å². The predicted octanol–water partition coefficient (Wildman–Crippen LogP) is 9.15. The third-order valence-corrected chi connectivity index (χ3v) is 8.19. The van der Waals surface area contributed by atoms with Gasteiger partial charge in [0.2, 0.25) is 0 Å². The Bertz CT molecular complexity index is 2780. The van der Waals surface area contributed by atoms with Gasteiger partial charge in [-0.3, -0.25) is 15.0 Å². The Kier molecular flexibility index (Phi) is 10.6. The average Bonchev–Trinajstić information content (AvgIpc) is 3.18. The molecule has 0 saturated heterocycles. The second-order valence-corrected chi connectivity index (χ2v) is 12.7. The van der Waals surface area contributed by atoms with Crippen LogP contribution in [0.25, 0.3) is 67.3 Å². The molecule has 9 aromatic rings. The van der Waals surface area contributed by atoms with Gasteiger partial charge < -0.3 is 15.3 Å². The zero-order valence-corrected chi connectivity index (χ0v) is 29.9. The first-order valence-electron chi connectivity index (χ1n) is 15.9. The van der Waals surface area contributed by atoms with Crippen LogP contribution < -0.4 is 0 Å². The first kappa shape index (κ1) is 35.8. The van der Waals surface area contributed by atoms with Crippen LogP contribution in [0.5, 0.6) is 17.2 Å². The van der Waals surface area contributed by atoms with Gasteiger partial charge in [-0.2, -0.15) is 0 Å². The van der Waals surface area contributed by atoms with Gasteiger partial charge in [0.1, 0.15) is 33.8 Å². The molecule has 0 aliphatic heterocycles. The fourth-order valence-electron chi connectivity index (χ4n) is 5.01. The molecule has 0 saturated carbocycles. The van der Waals surface area contributed by atoms with Crippen LogP contribution in [0.1, 0.15) is 0 Å². The van der Waals surface area contributed by atoms with Crippen molar-refractivity contribution in [1.29, 1.82) is 0 Å². The number of halogens is 3. The summed E-state index contributed by atoms with van der Waals surface area (Å²) in [6.07, 6.45) is 9.57. The number of hydrogen-bond acceptors (Lipinski definition) is 12. The largest absolute Gasteiger partial charge is 0.508 e. The Labute approximate surface area is 321 Å². The van der Waals surface area contributed by atoms with Crippen molar-refractivity contribution in [3.05, 3.63) is 143 Å². The van der Waals surface area contributed by atoms with Crippen molar-refractivity contribution in [3.8, 4) is 51.4 Å². The molecule has 3 N–H and O–H groups in total. The highest BCUT2D eigenvalue weighted by Crippen LogP contribution is 2.27. The van der Waals surface area contributed by atoms with E-state index in [1.165, 1.54) is 0 Å². The van der Waals surface area contributed by atoms with Gasteiger partial charge in [0.15, 0.2) is 17.5 Å². The smallest absolute Gasteiger partial charge is 0.163 e. The maximum atomic E-state index is 9.77. The highest BCUT2D eigenvalue weighted by atomic mass is 35.5. The molecule has 264 valence electrons. The average molecular weight is 773 g/mol. The van der Waals surface area contributed by atoms with E-state index < -0.39 is 0 Å². The molecule has 0 aliphatic carbocycles. The quantitative estimate of drug-likeness (QED) is 0.155. The molecule has 0 unspecified atom stereocenters. The zero-order chi connectivity index (χ0) is 37.6. The zero-order valence-electron chi connectivity index (χ0n) is 27.6. The van der Waals surface area contributed by atoms with E-state index >= 15 is 0 Å². The summed E-state index contributed by atoms with van der Waals surface area (Å²) < 4.78 is 0. The van der Waals surface area contributed by atoms with E-state index in [0.717, 1.165) is 11.1 Å². The lowest BCUT2D eigenvalue weighted by atomic mass is 10.2. The van der Waals surface area contributed by atoms with Gasteiger partial charge >= 0.3 is 0 Å². The number of rotatable bonds is 3. The normalized spacial score (nSPS) is 10.7. The van der Waals surface area contributed by atoms with Gasteiger partial charge in [-0.15, -0.1) is 0 Å². The van der Waals surface area contributed by atoms with Gasteiger partial charge in [-0.25, -0.2) is 29.9 Å². The molecule has 0 fully saturated rings. The summed E-state index contributed by atoms with van der Waals surface area (Å²) in [7, 11) is 0. The lowest BCUT2D eigenvalue weighted by Crippen LogP contribution is -1.91. The Balaban J connectivity index is 0.000000125. The molecular formula is C39H24Cl3N9O3. The first-order chi connectivity index (χ1) is 26.2. The molecule has 0 spiro atoms. The number of hydrogen-bond donors (Lipinski definition) is 3. The molecule has 0 radical (unpaired) electrons. The summed E-state index contributed by atoms with van der Waals surface area (Å²) in [5.41, 5.74) is 6.22. The molecule has 0 aliphatic rings. The predicted molar refractivity (Wildman–Crippen MR) is 208 cm³/mol. The minimum absolute atomic E-state index is 0.145. The fraction of sp³-hybridized carbons (Fsp3) is 0. The third-order valence-electron chi connectivity index (χ3n) is 7.57. The lowest BCUT2D eigenvalue weighted by Gasteiger charge is -2.04. The highest BCUT2D eigenvalue weighted by molar-refractivity contribution is 6.31. The Morgan fingerprint density at radius 1 is 0.370 bits per heavy atom. The number of aromatic hydroxyl groups is 3. The van der Waals surface area contributed by atoms with E-state index in [1.807, 2.05) is 12.1 Å². The minimum atomic E-state index is 0.145. The second-order valence-electron chi connectivity index (χ2n) is 11.4. The molecule has 6 aromatic heterocycles. The summed E-state index contributed by atoms with van der Waals surface area (Å²) in [5.74, 6) is 2.09. The summed E-state index contributed by atoms with van der Waals surface area (Å²) in [5, 5.41) is 30.0. The van der Waals surface area contributed by atoms with Crippen LogP contribution in [0.2, 0.25) is 15.1 Å². The number of phenolic OH excluding ortho intramolecular Hbond substituents is 3. The molecular weight excluding hydrogens is 749 g/mol. The molecule has 6 heterocycles. The number of para-hydroxylation sites is 1. The van der Waals surface area contributed by atoms with E-state index in [9.17, 15) is 15.3 Å². The third kappa shape index (κ3) is 8.54. The van der Waals surface area contributed by atoms with Gasteiger partial charge in [-0.1, -0.05) is 59.1 Å². The Hall–Kier alpha value is -6.60. The summed E-state index contributed by atoms with van der Waals surface area (Å²) in [6, 6.07) is 25.6. The number of aromatic nitrogens is 9. The number of phenols is 3. The van der Waals surface area contributed by atoms with Crippen molar-refractivity contribution in [1.82, 2.24) is 44.9 Å². The molecule has 0 amide bonds. The van der Waals surface area contributed by atoms with E-state index in [2.05, 4.69) is 44.9 Å². The van der Waals surface area contributed by atoms with E-state index in [4.69, 9.17) is 34.8 Å². The van der Waals surface area contributed by atoms with Crippen LogP contribution in [-0.4, -0.2) is 60.2 Å². The van der Waals surface area contributed by atoms with Gasteiger partial charge in [-0.05, 0) is 66.7 Å². The van der Waals surface area contributed by atoms with E-state index in [1.54, 1.807) is 116 Å². The van der Waals surface area contributed by atoms with E-state index in [-0.39, 0.29) is 17.2 Å². The van der Waals surface area contributed by atoms with Crippen LogP contribution in [0.15, 0.2) is 128 Å². The fourth-order valence-corrected chi connectivity index (χ4v) is 5.46. The molecule has 0 atom stereocenters.